The SMILES string of the molecule is O=S(=O)([O-])c1ccccc1Nc1cc(Cl)ccn1. The van der Waals surface area contributed by atoms with Crippen LogP contribution < -0.4 is 5.32 Å². The van der Waals surface area contributed by atoms with Gasteiger partial charge in [-0.3, -0.25) is 0 Å². The largest absolute Gasteiger partial charge is 0.744 e. The Kier molecular flexibility index (Phi) is 3.51. The van der Waals surface area contributed by atoms with Crippen molar-refractivity contribution < 1.29 is 13.0 Å². The van der Waals surface area contributed by atoms with Crippen molar-refractivity contribution in [2.45, 2.75) is 4.90 Å². The topological polar surface area (TPSA) is 82.1 Å². The summed E-state index contributed by atoms with van der Waals surface area (Å²) >= 11 is 5.78. The van der Waals surface area contributed by atoms with E-state index < -0.39 is 10.1 Å². The van der Waals surface area contributed by atoms with Crippen molar-refractivity contribution in [1.82, 2.24) is 4.98 Å². The zero-order valence-electron chi connectivity index (χ0n) is 9.00. The van der Waals surface area contributed by atoms with Crippen molar-refractivity contribution in [3.63, 3.8) is 0 Å². The number of pyridine rings is 1. The van der Waals surface area contributed by atoms with Gasteiger partial charge < -0.3 is 9.87 Å². The number of rotatable bonds is 3. The molecule has 1 N–H and O–H groups in total. The second-order valence-corrected chi connectivity index (χ2v) is 5.22. The molecule has 2 aromatic rings. The van der Waals surface area contributed by atoms with Gasteiger partial charge in [0.05, 0.1) is 10.6 Å². The van der Waals surface area contributed by atoms with E-state index in [1.54, 1.807) is 12.1 Å². The first-order valence-electron chi connectivity index (χ1n) is 4.90. The molecule has 2 rings (SSSR count). The Morgan fingerprint density at radius 1 is 1.22 bits per heavy atom. The molecule has 0 aliphatic heterocycles. The van der Waals surface area contributed by atoms with Crippen molar-refractivity contribution in [3.8, 4) is 0 Å². The summed E-state index contributed by atoms with van der Waals surface area (Å²) in [5.41, 5.74) is 0.169. The quantitative estimate of drug-likeness (QED) is 0.875. The molecule has 0 bridgehead atoms. The molecule has 0 aliphatic rings. The molecular formula is C11H8ClN2O3S-. The van der Waals surface area contributed by atoms with E-state index in [4.69, 9.17) is 11.6 Å². The van der Waals surface area contributed by atoms with Crippen molar-refractivity contribution in [2.75, 3.05) is 5.32 Å². The minimum Gasteiger partial charge on any atom is -0.744 e. The molecule has 0 saturated heterocycles. The van der Waals surface area contributed by atoms with E-state index in [9.17, 15) is 13.0 Å². The van der Waals surface area contributed by atoms with Crippen molar-refractivity contribution in [3.05, 3.63) is 47.6 Å². The Hall–Kier alpha value is -1.63. The average Bonchev–Trinajstić information content (AvgIpc) is 2.28. The number of anilines is 2. The first kappa shape index (κ1) is 12.8. The molecule has 1 aromatic heterocycles. The number of nitrogens with one attached hydrogen (secondary N) is 1. The smallest absolute Gasteiger partial charge is 0.131 e. The monoisotopic (exact) mass is 283 g/mol. The molecule has 0 unspecified atom stereocenters. The van der Waals surface area contributed by atoms with Crippen LogP contribution in [0, 0.1) is 0 Å². The number of aromatic nitrogens is 1. The number of para-hydroxylation sites is 1. The number of halogens is 1. The van der Waals surface area contributed by atoms with Crippen molar-refractivity contribution in [2.24, 2.45) is 0 Å². The van der Waals surface area contributed by atoms with Gasteiger partial charge in [-0.05, 0) is 24.3 Å². The maximum Gasteiger partial charge on any atom is 0.131 e. The highest BCUT2D eigenvalue weighted by Gasteiger charge is 2.08. The van der Waals surface area contributed by atoms with Gasteiger partial charge in [0.25, 0.3) is 0 Å². The van der Waals surface area contributed by atoms with E-state index >= 15 is 0 Å². The summed E-state index contributed by atoms with van der Waals surface area (Å²) in [6.07, 6.45) is 1.47. The molecule has 94 valence electrons. The van der Waals surface area contributed by atoms with Gasteiger partial charge in [0.2, 0.25) is 0 Å². The fraction of sp³-hybridized carbons (Fsp3) is 0. The molecule has 0 aliphatic carbocycles. The summed E-state index contributed by atoms with van der Waals surface area (Å²) in [6, 6.07) is 8.91. The molecule has 0 radical (unpaired) electrons. The average molecular weight is 284 g/mol. The van der Waals surface area contributed by atoms with E-state index in [0.717, 1.165) is 0 Å². The zero-order valence-corrected chi connectivity index (χ0v) is 10.6. The van der Waals surface area contributed by atoms with Crippen LogP contribution in [-0.2, 0) is 10.1 Å². The van der Waals surface area contributed by atoms with E-state index in [1.807, 2.05) is 0 Å². The van der Waals surface area contributed by atoms with Gasteiger partial charge in [0, 0.05) is 11.2 Å². The van der Waals surface area contributed by atoms with Gasteiger partial charge in [-0.1, -0.05) is 23.7 Å². The third-order valence-corrected chi connectivity index (χ3v) is 3.27. The molecule has 5 nitrogen and oxygen atoms in total. The first-order chi connectivity index (χ1) is 8.47. The Bertz CT molecular complexity index is 673. The van der Waals surface area contributed by atoms with Crippen molar-refractivity contribution in [1.29, 1.82) is 0 Å². The molecule has 1 aromatic carbocycles. The van der Waals surface area contributed by atoms with Crippen LogP contribution in [0.25, 0.3) is 0 Å². The van der Waals surface area contributed by atoms with Gasteiger partial charge in [-0.25, -0.2) is 13.4 Å². The first-order valence-corrected chi connectivity index (χ1v) is 6.69. The summed E-state index contributed by atoms with van der Waals surface area (Å²) in [5, 5.41) is 3.20. The van der Waals surface area contributed by atoms with Gasteiger partial charge in [-0.15, -0.1) is 0 Å². The Balaban J connectivity index is 2.41. The third-order valence-electron chi connectivity index (χ3n) is 2.14. The lowest BCUT2D eigenvalue weighted by Crippen LogP contribution is -2.04. The number of hydrogen-bond donors (Lipinski definition) is 1. The maximum absolute atomic E-state index is 11.1. The summed E-state index contributed by atoms with van der Waals surface area (Å²) < 4.78 is 33.2. The van der Waals surface area contributed by atoms with E-state index in [1.165, 1.54) is 30.5 Å². The van der Waals surface area contributed by atoms with E-state index in [2.05, 4.69) is 10.3 Å². The van der Waals surface area contributed by atoms with Gasteiger partial charge in [0.15, 0.2) is 0 Å². The predicted octanol–water partition coefficient (Wildman–Crippen LogP) is 2.38. The van der Waals surface area contributed by atoms with Gasteiger partial charge in [0.1, 0.15) is 15.9 Å². The zero-order chi connectivity index (χ0) is 13.2. The highest BCUT2D eigenvalue weighted by atomic mass is 35.5. The Morgan fingerprint density at radius 2 is 1.94 bits per heavy atom. The van der Waals surface area contributed by atoms with Crippen LogP contribution in [0.3, 0.4) is 0 Å². The highest BCUT2D eigenvalue weighted by molar-refractivity contribution is 7.86. The minimum absolute atomic E-state index is 0.169. The fourth-order valence-electron chi connectivity index (χ4n) is 1.40. The number of hydrogen-bond acceptors (Lipinski definition) is 5. The Labute approximate surface area is 109 Å². The van der Waals surface area contributed by atoms with Gasteiger partial charge in [-0.2, -0.15) is 0 Å². The summed E-state index contributed by atoms with van der Waals surface area (Å²) in [5.74, 6) is 0.360. The minimum atomic E-state index is -4.54. The van der Waals surface area contributed by atoms with Crippen LogP contribution >= 0.6 is 11.6 Å². The standard InChI is InChI=1S/C11H9ClN2O3S/c12-8-5-6-13-11(7-8)14-9-3-1-2-4-10(9)18(15,16)17/h1-7H,(H,13,14)(H,15,16,17)/p-1. The fourth-order valence-corrected chi connectivity index (χ4v) is 2.19. The second kappa shape index (κ2) is 4.93. The molecule has 7 heteroatoms. The number of nitrogens with zero attached hydrogens (tertiary/aromatic N) is 1. The summed E-state index contributed by atoms with van der Waals surface area (Å²) in [7, 11) is -4.54. The molecular weight excluding hydrogens is 276 g/mol. The van der Waals surface area contributed by atoms with Crippen LogP contribution in [0.5, 0.6) is 0 Å². The van der Waals surface area contributed by atoms with Crippen LogP contribution in [0.15, 0.2) is 47.5 Å². The van der Waals surface area contributed by atoms with Crippen LogP contribution in [0.4, 0.5) is 11.5 Å². The highest BCUT2D eigenvalue weighted by Crippen LogP contribution is 2.24. The predicted molar refractivity (Wildman–Crippen MR) is 66.9 cm³/mol. The van der Waals surface area contributed by atoms with Crippen LogP contribution in [0.2, 0.25) is 5.02 Å². The lowest BCUT2D eigenvalue weighted by atomic mass is 10.3. The van der Waals surface area contributed by atoms with Crippen molar-refractivity contribution >= 4 is 33.2 Å². The molecule has 1 heterocycles. The molecule has 18 heavy (non-hydrogen) atoms. The molecule has 0 amide bonds. The van der Waals surface area contributed by atoms with Gasteiger partial charge >= 0.3 is 0 Å². The second-order valence-electron chi connectivity index (χ2n) is 3.43. The van der Waals surface area contributed by atoms with Crippen LogP contribution in [0.1, 0.15) is 0 Å². The van der Waals surface area contributed by atoms with E-state index in [-0.39, 0.29) is 10.6 Å². The molecule has 0 fully saturated rings. The molecule has 0 spiro atoms. The molecule has 0 saturated carbocycles. The third kappa shape index (κ3) is 2.98. The lowest BCUT2D eigenvalue weighted by molar-refractivity contribution is 0.463. The lowest BCUT2D eigenvalue weighted by Gasteiger charge is -2.13. The summed E-state index contributed by atoms with van der Waals surface area (Å²) in [4.78, 5) is 3.64. The summed E-state index contributed by atoms with van der Waals surface area (Å²) in [6.45, 7) is 0. The maximum atomic E-state index is 11.1. The normalized spacial score (nSPS) is 11.2. The number of benzene rings is 1. The van der Waals surface area contributed by atoms with Crippen LogP contribution in [-0.4, -0.2) is 18.0 Å². The van der Waals surface area contributed by atoms with E-state index in [0.29, 0.717) is 10.8 Å². The molecule has 0 atom stereocenters. The Morgan fingerprint density at radius 3 is 2.61 bits per heavy atom.